The molecule has 0 radical (unpaired) electrons. The predicted octanol–water partition coefficient (Wildman–Crippen LogP) is 3.69. The van der Waals surface area contributed by atoms with Gasteiger partial charge in [-0.2, -0.15) is 0 Å². The Morgan fingerprint density at radius 3 is 2.74 bits per heavy atom. The van der Waals surface area contributed by atoms with Crippen molar-refractivity contribution >= 4 is 39.3 Å². The van der Waals surface area contributed by atoms with E-state index in [2.05, 4.69) is 32.6 Å². The SMILES string of the molecule is Nc1ccc(I)cc1-c1nc2c(F)cc(F)cc2[nH]1. The number of fused-ring (bicyclic) bond motifs is 1. The topological polar surface area (TPSA) is 54.7 Å². The zero-order valence-electron chi connectivity index (χ0n) is 9.55. The fourth-order valence-electron chi connectivity index (χ4n) is 1.90. The first-order valence-corrected chi connectivity index (χ1v) is 6.52. The van der Waals surface area contributed by atoms with Crippen LogP contribution in [0.5, 0.6) is 0 Å². The van der Waals surface area contributed by atoms with Gasteiger partial charge in [-0.25, -0.2) is 13.8 Å². The zero-order chi connectivity index (χ0) is 13.6. The number of nitrogens with two attached hydrogens (primary N) is 1. The molecule has 0 atom stereocenters. The first-order valence-electron chi connectivity index (χ1n) is 5.45. The number of aromatic amines is 1. The fraction of sp³-hybridized carbons (Fsp3) is 0. The van der Waals surface area contributed by atoms with Crippen molar-refractivity contribution < 1.29 is 8.78 Å². The van der Waals surface area contributed by atoms with E-state index in [4.69, 9.17) is 5.73 Å². The molecule has 0 bridgehead atoms. The number of nitrogen functional groups attached to an aromatic ring is 1. The normalized spacial score (nSPS) is 11.1. The molecular weight excluding hydrogens is 363 g/mol. The Kier molecular flexibility index (Phi) is 2.89. The van der Waals surface area contributed by atoms with E-state index >= 15 is 0 Å². The number of aromatic nitrogens is 2. The van der Waals surface area contributed by atoms with E-state index in [-0.39, 0.29) is 5.52 Å². The Balaban J connectivity index is 2.26. The number of H-pyrrole nitrogens is 1. The third kappa shape index (κ3) is 2.16. The van der Waals surface area contributed by atoms with Gasteiger partial charge in [-0.05, 0) is 46.9 Å². The standard InChI is InChI=1S/C13H8F2IN3/c14-6-3-9(15)12-11(4-6)18-13(19-12)8-5-7(16)1-2-10(8)17/h1-5H,17H2,(H,18,19). The molecule has 1 heterocycles. The number of nitrogens with one attached hydrogen (secondary N) is 1. The molecule has 3 aromatic rings. The van der Waals surface area contributed by atoms with Crippen LogP contribution in [0, 0.1) is 15.2 Å². The van der Waals surface area contributed by atoms with Gasteiger partial charge in [0, 0.05) is 20.9 Å². The molecular formula is C13H8F2IN3. The van der Waals surface area contributed by atoms with E-state index in [1.54, 1.807) is 6.07 Å². The van der Waals surface area contributed by atoms with Crippen LogP contribution in [0.2, 0.25) is 0 Å². The van der Waals surface area contributed by atoms with Crippen LogP contribution < -0.4 is 5.73 Å². The number of imidazole rings is 1. The molecule has 96 valence electrons. The van der Waals surface area contributed by atoms with Crippen LogP contribution in [-0.4, -0.2) is 9.97 Å². The Morgan fingerprint density at radius 2 is 1.95 bits per heavy atom. The maximum absolute atomic E-state index is 13.6. The molecule has 0 aliphatic rings. The van der Waals surface area contributed by atoms with Crippen molar-refractivity contribution in [2.45, 2.75) is 0 Å². The van der Waals surface area contributed by atoms with Crippen LogP contribution >= 0.6 is 22.6 Å². The highest BCUT2D eigenvalue weighted by Crippen LogP contribution is 2.28. The van der Waals surface area contributed by atoms with Crippen molar-refractivity contribution in [3.63, 3.8) is 0 Å². The van der Waals surface area contributed by atoms with E-state index in [0.29, 0.717) is 22.6 Å². The number of rotatable bonds is 1. The maximum Gasteiger partial charge on any atom is 0.153 e. The molecule has 0 amide bonds. The van der Waals surface area contributed by atoms with Crippen LogP contribution in [-0.2, 0) is 0 Å². The number of halogens is 3. The fourth-order valence-corrected chi connectivity index (χ4v) is 2.39. The molecule has 0 saturated carbocycles. The lowest BCUT2D eigenvalue weighted by Gasteiger charge is -2.02. The third-order valence-corrected chi connectivity index (χ3v) is 3.45. The van der Waals surface area contributed by atoms with Crippen molar-refractivity contribution in [1.82, 2.24) is 9.97 Å². The molecule has 19 heavy (non-hydrogen) atoms. The summed E-state index contributed by atoms with van der Waals surface area (Å²) in [4.78, 5) is 7.03. The molecule has 0 aliphatic heterocycles. The van der Waals surface area contributed by atoms with Crippen molar-refractivity contribution in [2.24, 2.45) is 0 Å². The van der Waals surface area contributed by atoms with E-state index in [1.165, 1.54) is 6.07 Å². The van der Waals surface area contributed by atoms with Gasteiger partial charge in [0.05, 0.1) is 5.52 Å². The minimum atomic E-state index is -0.693. The van der Waals surface area contributed by atoms with Gasteiger partial charge in [-0.1, -0.05) is 0 Å². The summed E-state index contributed by atoms with van der Waals surface area (Å²) in [6, 6.07) is 7.47. The smallest absolute Gasteiger partial charge is 0.153 e. The van der Waals surface area contributed by atoms with Crippen LogP contribution in [0.25, 0.3) is 22.4 Å². The van der Waals surface area contributed by atoms with Gasteiger partial charge >= 0.3 is 0 Å². The maximum atomic E-state index is 13.6. The third-order valence-electron chi connectivity index (χ3n) is 2.78. The van der Waals surface area contributed by atoms with E-state index in [0.717, 1.165) is 9.64 Å². The van der Waals surface area contributed by atoms with Gasteiger partial charge in [-0.15, -0.1) is 0 Å². The number of benzene rings is 2. The van der Waals surface area contributed by atoms with Crippen molar-refractivity contribution in [1.29, 1.82) is 0 Å². The largest absolute Gasteiger partial charge is 0.398 e. The summed E-state index contributed by atoms with van der Waals surface area (Å²) < 4.78 is 27.7. The number of hydrogen-bond donors (Lipinski definition) is 2. The minimum Gasteiger partial charge on any atom is -0.398 e. The van der Waals surface area contributed by atoms with Crippen molar-refractivity contribution in [3.8, 4) is 11.4 Å². The van der Waals surface area contributed by atoms with Crippen LogP contribution in [0.3, 0.4) is 0 Å². The second kappa shape index (κ2) is 4.44. The molecule has 0 spiro atoms. The predicted molar refractivity (Wildman–Crippen MR) is 78.6 cm³/mol. The molecule has 0 saturated heterocycles. The van der Waals surface area contributed by atoms with Crippen LogP contribution in [0.15, 0.2) is 30.3 Å². The molecule has 1 aromatic heterocycles. The lowest BCUT2D eigenvalue weighted by molar-refractivity contribution is 0.591. The average molecular weight is 371 g/mol. The molecule has 0 unspecified atom stereocenters. The summed E-state index contributed by atoms with van der Waals surface area (Å²) in [7, 11) is 0. The Bertz CT molecular complexity index is 783. The van der Waals surface area contributed by atoms with E-state index in [9.17, 15) is 8.78 Å². The van der Waals surface area contributed by atoms with E-state index in [1.807, 2.05) is 12.1 Å². The molecule has 0 aliphatic carbocycles. The quantitative estimate of drug-likeness (QED) is 0.506. The number of anilines is 1. The van der Waals surface area contributed by atoms with Gasteiger partial charge in [0.1, 0.15) is 17.2 Å². The second-order valence-corrected chi connectivity index (χ2v) is 5.35. The number of nitrogens with zero attached hydrogens (tertiary/aromatic N) is 1. The lowest BCUT2D eigenvalue weighted by atomic mass is 10.2. The van der Waals surface area contributed by atoms with Crippen LogP contribution in [0.1, 0.15) is 0 Å². The molecule has 3 nitrogen and oxygen atoms in total. The van der Waals surface area contributed by atoms with Gasteiger partial charge < -0.3 is 10.7 Å². The van der Waals surface area contributed by atoms with Gasteiger partial charge in [0.15, 0.2) is 5.82 Å². The van der Waals surface area contributed by atoms with Gasteiger partial charge in [0.25, 0.3) is 0 Å². The van der Waals surface area contributed by atoms with Gasteiger partial charge in [-0.3, -0.25) is 0 Å². The first kappa shape index (κ1) is 12.3. The highest BCUT2D eigenvalue weighted by atomic mass is 127. The zero-order valence-corrected chi connectivity index (χ0v) is 11.7. The molecule has 0 fully saturated rings. The summed E-state index contributed by atoms with van der Waals surface area (Å²) in [5.74, 6) is -0.909. The Hall–Kier alpha value is -1.70. The molecule has 2 aromatic carbocycles. The summed E-state index contributed by atoms with van der Waals surface area (Å²) >= 11 is 2.15. The van der Waals surface area contributed by atoms with E-state index < -0.39 is 11.6 Å². The summed E-state index contributed by atoms with van der Waals surface area (Å²) in [5, 5.41) is 0. The number of hydrogen-bond acceptors (Lipinski definition) is 2. The highest BCUT2D eigenvalue weighted by molar-refractivity contribution is 14.1. The molecule has 3 rings (SSSR count). The summed E-state index contributed by atoms with van der Waals surface area (Å²) in [5.41, 5.74) is 7.49. The van der Waals surface area contributed by atoms with Crippen LogP contribution in [0.4, 0.5) is 14.5 Å². The second-order valence-electron chi connectivity index (χ2n) is 4.10. The van der Waals surface area contributed by atoms with Crippen molar-refractivity contribution in [2.75, 3.05) is 5.73 Å². The van der Waals surface area contributed by atoms with Gasteiger partial charge in [0.2, 0.25) is 0 Å². The highest BCUT2D eigenvalue weighted by Gasteiger charge is 2.13. The summed E-state index contributed by atoms with van der Waals surface area (Å²) in [6.07, 6.45) is 0. The average Bonchev–Trinajstić information content (AvgIpc) is 2.76. The lowest BCUT2D eigenvalue weighted by Crippen LogP contribution is -1.91. The Morgan fingerprint density at radius 1 is 1.16 bits per heavy atom. The first-order chi connectivity index (χ1) is 9.04. The molecule has 3 N–H and O–H groups in total. The summed E-state index contributed by atoms with van der Waals surface area (Å²) in [6.45, 7) is 0. The molecule has 6 heteroatoms. The minimum absolute atomic E-state index is 0.106. The monoisotopic (exact) mass is 371 g/mol. The Labute approximate surface area is 121 Å². The van der Waals surface area contributed by atoms with Crippen molar-refractivity contribution in [3.05, 3.63) is 45.5 Å².